The van der Waals surface area contributed by atoms with Crippen LogP contribution in [0.1, 0.15) is 16.7 Å². The second-order valence-electron chi connectivity index (χ2n) is 5.26. The molecule has 0 N–H and O–H groups in total. The van der Waals surface area contributed by atoms with Crippen LogP contribution in [0.5, 0.6) is 0 Å². The highest BCUT2D eigenvalue weighted by Crippen LogP contribution is 2.29. The second-order valence-corrected chi connectivity index (χ2v) is 6.61. The Bertz CT molecular complexity index is 827. The van der Waals surface area contributed by atoms with Crippen LogP contribution in [-0.2, 0) is 5.75 Å². The van der Waals surface area contributed by atoms with Gasteiger partial charge in [-0.25, -0.2) is 4.39 Å². The molecule has 0 fully saturated rings. The third-order valence-corrected chi connectivity index (χ3v) is 4.86. The van der Waals surface area contributed by atoms with Gasteiger partial charge in [0.25, 0.3) is 0 Å². The van der Waals surface area contributed by atoms with Gasteiger partial charge in [0, 0.05) is 16.3 Å². The van der Waals surface area contributed by atoms with Crippen LogP contribution in [0.4, 0.5) is 4.39 Å². The molecule has 3 aromatic rings. The Morgan fingerprint density at radius 3 is 2.78 bits per heavy atom. The predicted octanol–water partition coefficient (Wildman–Crippen LogP) is 4.97. The molecule has 0 aliphatic carbocycles. The van der Waals surface area contributed by atoms with Gasteiger partial charge in [0.1, 0.15) is 12.1 Å². The summed E-state index contributed by atoms with van der Waals surface area (Å²) in [5, 5.41) is 9.26. The molecular weight excluding hydrogens is 333 g/mol. The van der Waals surface area contributed by atoms with Crippen LogP contribution in [0.3, 0.4) is 0 Å². The Balaban J connectivity index is 1.87. The van der Waals surface area contributed by atoms with E-state index in [1.165, 1.54) is 23.4 Å². The minimum atomic E-state index is -0.303. The van der Waals surface area contributed by atoms with E-state index in [1.807, 2.05) is 23.6 Å². The highest BCUT2D eigenvalue weighted by Gasteiger charge is 2.13. The Morgan fingerprint density at radius 1 is 1.22 bits per heavy atom. The lowest BCUT2D eigenvalue weighted by atomic mass is 10.1. The maximum atomic E-state index is 13.9. The van der Waals surface area contributed by atoms with Crippen LogP contribution in [-0.4, -0.2) is 14.8 Å². The number of nitrogens with zero attached hydrogens (tertiary/aromatic N) is 3. The van der Waals surface area contributed by atoms with Gasteiger partial charge >= 0.3 is 0 Å². The summed E-state index contributed by atoms with van der Waals surface area (Å²) in [4.78, 5) is 0. The van der Waals surface area contributed by atoms with Crippen molar-refractivity contribution in [2.75, 3.05) is 0 Å². The average molecular weight is 348 g/mol. The van der Waals surface area contributed by atoms with Gasteiger partial charge in [-0.15, -0.1) is 10.2 Å². The number of hydrogen-bond acceptors (Lipinski definition) is 3. The Kier molecular flexibility index (Phi) is 4.68. The molecule has 3 rings (SSSR count). The molecule has 0 saturated carbocycles. The minimum absolute atomic E-state index is 0.303. The Labute approximate surface area is 143 Å². The summed E-state index contributed by atoms with van der Waals surface area (Å²) in [5.41, 5.74) is 3.83. The molecule has 0 aliphatic heterocycles. The van der Waals surface area contributed by atoms with Crippen molar-refractivity contribution >= 4 is 23.4 Å². The summed E-state index contributed by atoms with van der Waals surface area (Å²) < 4.78 is 15.8. The minimum Gasteiger partial charge on any atom is -0.276 e. The van der Waals surface area contributed by atoms with Crippen LogP contribution in [0, 0.1) is 19.7 Å². The zero-order valence-electron chi connectivity index (χ0n) is 12.8. The van der Waals surface area contributed by atoms with Crippen LogP contribution >= 0.6 is 23.4 Å². The van der Waals surface area contributed by atoms with Crippen molar-refractivity contribution in [3.05, 3.63) is 70.3 Å². The normalized spacial score (nSPS) is 11.0. The summed E-state index contributed by atoms with van der Waals surface area (Å²) in [6.45, 7) is 4.10. The molecule has 1 heterocycles. The summed E-state index contributed by atoms with van der Waals surface area (Å²) in [5.74, 6) is 0.0948. The first-order chi connectivity index (χ1) is 11.1. The Morgan fingerprint density at radius 2 is 2.04 bits per heavy atom. The van der Waals surface area contributed by atoms with Gasteiger partial charge in [-0.2, -0.15) is 0 Å². The van der Waals surface area contributed by atoms with Crippen molar-refractivity contribution in [1.29, 1.82) is 0 Å². The zero-order valence-corrected chi connectivity index (χ0v) is 14.3. The van der Waals surface area contributed by atoms with E-state index in [4.69, 9.17) is 11.6 Å². The summed E-state index contributed by atoms with van der Waals surface area (Å²) in [7, 11) is 0. The molecule has 1 aromatic heterocycles. The fourth-order valence-corrected chi connectivity index (χ4v) is 3.64. The van der Waals surface area contributed by atoms with E-state index in [9.17, 15) is 4.39 Å². The Hall–Kier alpha value is -1.85. The smallest absolute Gasteiger partial charge is 0.195 e. The molecule has 0 bridgehead atoms. The quantitative estimate of drug-likeness (QED) is 0.624. The highest BCUT2D eigenvalue weighted by molar-refractivity contribution is 7.98. The van der Waals surface area contributed by atoms with E-state index in [-0.39, 0.29) is 5.82 Å². The van der Waals surface area contributed by atoms with Crippen molar-refractivity contribution in [3.63, 3.8) is 0 Å². The summed E-state index contributed by atoms with van der Waals surface area (Å²) in [6.07, 6.45) is 1.67. The largest absolute Gasteiger partial charge is 0.276 e. The molecular formula is C17H15ClFN3S. The fraction of sp³-hybridized carbons (Fsp3) is 0.176. The van der Waals surface area contributed by atoms with Gasteiger partial charge in [-0.05, 0) is 37.6 Å². The molecule has 6 heteroatoms. The van der Waals surface area contributed by atoms with E-state index in [1.54, 1.807) is 18.5 Å². The van der Waals surface area contributed by atoms with Gasteiger partial charge in [0.05, 0.1) is 5.69 Å². The average Bonchev–Trinajstić information content (AvgIpc) is 2.95. The molecule has 0 amide bonds. The predicted molar refractivity (Wildman–Crippen MR) is 91.8 cm³/mol. The first kappa shape index (κ1) is 16.0. The van der Waals surface area contributed by atoms with E-state index in [0.29, 0.717) is 21.5 Å². The molecule has 0 atom stereocenters. The molecule has 0 radical (unpaired) electrons. The van der Waals surface area contributed by atoms with Crippen LogP contribution in [0.25, 0.3) is 5.69 Å². The lowest BCUT2D eigenvalue weighted by molar-refractivity contribution is 0.617. The number of aryl methyl sites for hydroxylation is 2. The summed E-state index contributed by atoms with van der Waals surface area (Å²) >= 11 is 7.48. The number of rotatable bonds is 4. The van der Waals surface area contributed by atoms with E-state index >= 15 is 0 Å². The van der Waals surface area contributed by atoms with Gasteiger partial charge in [-0.1, -0.05) is 47.1 Å². The lowest BCUT2D eigenvalue weighted by Crippen LogP contribution is -1.99. The second kappa shape index (κ2) is 6.72. The number of benzene rings is 2. The fourth-order valence-electron chi connectivity index (χ4n) is 2.37. The first-order valence-electron chi connectivity index (χ1n) is 7.09. The molecule has 118 valence electrons. The molecule has 2 aromatic carbocycles. The SMILES string of the molecule is Cc1ccc(-n2cnnc2SCc2c(F)cccc2Cl)c(C)c1. The van der Waals surface area contributed by atoms with Crippen molar-refractivity contribution in [1.82, 2.24) is 14.8 Å². The molecule has 0 spiro atoms. The van der Waals surface area contributed by atoms with E-state index in [0.717, 1.165) is 11.3 Å². The molecule has 3 nitrogen and oxygen atoms in total. The summed E-state index contributed by atoms with van der Waals surface area (Å²) in [6, 6.07) is 10.9. The third kappa shape index (κ3) is 3.41. The lowest BCUT2D eigenvalue weighted by Gasteiger charge is -2.10. The van der Waals surface area contributed by atoms with Crippen LogP contribution in [0.15, 0.2) is 47.9 Å². The molecule has 0 saturated heterocycles. The van der Waals surface area contributed by atoms with E-state index < -0.39 is 0 Å². The van der Waals surface area contributed by atoms with Gasteiger partial charge < -0.3 is 0 Å². The monoisotopic (exact) mass is 347 g/mol. The number of hydrogen-bond donors (Lipinski definition) is 0. The van der Waals surface area contributed by atoms with Crippen molar-refractivity contribution < 1.29 is 4.39 Å². The highest BCUT2D eigenvalue weighted by atomic mass is 35.5. The van der Waals surface area contributed by atoms with E-state index in [2.05, 4.69) is 23.2 Å². The topological polar surface area (TPSA) is 30.7 Å². The van der Waals surface area contributed by atoms with Crippen molar-refractivity contribution in [2.24, 2.45) is 0 Å². The van der Waals surface area contributed by atoms with Crippen LogP contribution in [0.2, 0.25) is 5.02 Å². The maximum Gasteiger partial charge on any atom is 0.195 e. The van der Waals surface area contributed by atoms with Crippen molar-refractivity contribution in [2.45, 2.75) is 24.8 Å². The van der Waals surface area contributed by atoms with Gasteiger partial charge in [-0.3, -0.25) is 4.57 Å². The first-order valence-corrected chi connectivity index (χ1v) is 8.46. The number of halogens is 2. The number of thioether (sulfide) groups is 1. The molecule has 0 aliphatic rings. The van der Waals surface area contributed by atoms with Gasteiger partial charge in [0.15, 0.2) is 5.16 Å². The maximum absolute atomic E-state index is 13.9. The van der Waals surface area contributed by atoms with Gasteiger partial charge in [0.2, 0.25) is 0 Å². The van der Waals surface area contributed by atoms with Crippen LogP contribution < -0.4 is 0 Å². The molecule has 0 unspecified atom stereocenters. The zero-order chi connectivity index (χ0) is 16.4. The van der Waals surface area contributed by atoms with Crippen molar-refractivity contribution in [3.8, 4) is 5.69 Å². The standard InChI is InChI=1S/C17H15ClFN3S/c1-11-6-7-16(12(2)8-11)22-10-20-21-17(22)23-9-13-14(18)4-3-5-15(13)19/h3-8,10H,9H2,1-2H3. The third-order valence-electron chi connectivity index (χ3n) is 3.54. The number of aromatic nitrogens is 3. The molecule has 23 heavy (non-hydrogen) atoms.